The van der Waals surface area contributed by atoms with Crippen molar-refractivity contribution in [2.75, 3.05) is 19.3 Å². The number of hydrogen-bond donors (Lipinski definition) is 2. The largest absolute Gasteiger partial charge is 0.355 e. The fourth-order valence-corrected chi connectivity index (χ4v) is 3.48. The van der Waals surface area contributed by atoms with Gasteiger partial charge in [-0.25, -0.2) is 4.39 Å². The summed E-state index contributed by atoms with van der Waals surface area (Å²) in [5.41, 5.74) is 0.926. The lowest BCUT2D eigenvalue weighted by Crippen LogP contribution is -2.39. The van der Waals surface area contributed by atoms with E-state index in [-0.39, 0.29) is 5.02 Å². The van der Waals surface area contributed by atoms with Crippen LogP contribution < -0.4 is 10.6 Å². The minimum absolute atomic E-state index is 0.148. The Kier molecular flexibility index (Phi) is 5.98. The Morgan fingerprint density at radius 3 is 3.00 bits per heavy atom. The van der Waals surface area contributed by atoms with Crippen molar-refractivity contribution in [1.82, 2.24) is 10.6 Å². The zero-order valence-electron chi connectivity index (χ0n) is 11.5. The van der Waals surface area contributed by atoms with Gasteiger partial charge in [0.05, 0.1) is 5.02 Å². The molecular formula is C14H19ClFN3S. The Labute approximate surface area is 128 Å². The summed E-state index contributed by atoms with van der Waals surface area (Å²) in [6.45, 7) is 1.49. The van der Waals surface area contributed by atoms with Gasteiger partial charge in [-0.15, -0.1) is 0 Å². The van der Waals surface area contributed by atoms with Gasteiger partial charge in [0.1, 0.15) is 5.82 Å². The van der Waals surface area contributed by atoms with E-state index in [4.69, 9.17) is 11.6 Å². The molecule has 0 aliphatic carbocycles. The maximum absolute atomic E-state index is 13.1. The third-order valence-electron chi connectivity index (χ3n) is 3.19. The zero-order valence-corrected chi connectivity index (χ0v) is 13.0. The smallest absolute Gasteiger partial charge is 0.191 e. The van der Waals surface area contributed by atoms with E-state index in [9.17, 15) is 4.39 Å². The summed E-state index contributed by atoms with van der Waals surface area (Å²) in [6.07, 6.45) is 2.57. The lowest BCUT2D eigenvalue weighted by Gasteiger charge is -2.15. The van der Waals surface area contributed by atoms with Gasteiger partial charge < -0.3 is 10.6 Å². The summed E-state index contributed by atoms with van der Waals surface area (Å²) in [4.78, 5) is 4.18. The molecule has 0 amide bonds. The topological polar surface area (TPSA) is 36.4 Å². The van der Waals surface area contributed by atoms with Crippen LogP contribution in [0.15, 0.2) is 23.2 Å². The van der Waals surface area contributed by atoms with Crippen LogP contribution in [-0.2, 0) is 6.54 Å². The lowest BCUT2D eigenvalue weighted by molar-refractivity contribution is 0.627. The predicted octanol–water partition coefficient (Wildman–Crippen LogP) is 3.04. The van der Waals surface area contributed by atoms with E-state index in [1.54, 1.807) is 19.2 Å². The van der Waals surface area contributed by atoms with Gasteiger partial charge in [0.15, 0.2) is 5.96 Å². The summed E-state index contributed by atoms with van der Waals surface area (Å²) in [7, 11) is 1.74. The van der Waals surface area contributed by atoms with E-state index < -0.39 is 5.82 Å². The molecule has 0 saturated carbocycles. The van der Waals surface area contributed by atoms with E-state index in [1.807, 2.05) is 11.8 Å². The quantitative estimate of drug-likeness (QED) is 0.662. The number of hydrogen-bond acceptors (Lipinski definition) is 2. The molecule has 6 heteroatoms. The second-order valence-corrected chi connectivity index (χ2v) is 6.51. The van der Waals surface area contributed by atoms with E-state index in [0.717, 1.165) is 18.1 Å². The monoisotopic (exact) mass is 315 g/mol. The van der Waals surface area contributed by atoms with Crippen LogP contribution in [0.1, 0.15) is 18.4 Å². The number of rotatable bonds is 4. The SMILES string of the molecule is CN=C(NCc1ccc(F)c(Cl)c1)NCC1CCCS1. The van der Waals surface area contributed by atoms with Crippen molar-refractivity contribution in [3.05, 3.63) is 34.6 Å². The van der Waals surface area contributed by atoms with E-state index >= 15 is 0 Å². The van der Waals surface area contributed by atoms with Crippen LogP contribution >= 0.6 is 23.4 Å². The van der Waals surface area contributed by atoms with Crippen LogP contribution in [0.3, 0.4) is 0 Å². The van der Waals surface area contributed by atoms with E-state index in [1.165, 1.54) is 24.7 Å². The Bertz CT molecular complexity index is 475. The van der Waals surface area contributed by atoms with Crippen molar-refractivity contribution < 1.29 is 4.39 Å². The molecule has 1 unspecified atom stereocenters. The van der Waals surface area contributed by atoms with Gasteiger partial charge in [-0.3, -0.25) is 4.99 Å². The van der Waals surface area contributed by atoms with Gasteiger partial charge in [-0.2, -0.15) is 11.8 Å². The molecule has 1 atom stereocenters. The molecule has 2 rings (SSSR count). The summed E-state index contributed by atoms with van der Waals surface area (Å²) in [5.74, 6) is 1.63. The Morgan fingerprint density at radius 2 is 2.35 bits per heavy atom. The van der Waals surface area contributed by atoms with Crippen molar-refractivity contribution in [2.24, 2.45) is 4.99 Å². The van der Waals surface area contributed by atoms with Gasteiger partial charge >= 0.3 is 0 Å². The van der Waals surface area contributed by atoms with Crippen LogP contribution in [0.25, 0.3) is 0 Å². The molecule has 0 bridgehead atoms. The second-order valence-electron chi connectivity index (χ2n) is 4.69. The van der Waals surface area contributed by atoms with E-state index in [0.29, 0.717) is 11.8 Å². The van der Waals surface area contributed by atoms with Crippen LogP contribution in [0.5, 0.6) is 0 Å². The lowest BCUT2D eigenvalue weighted by atomic mass is 10.2. The molecule has 110 valence electrons. The Balaban J connectivity index is 1.79. The van der Waals surface area contributed by atoms with Gasteiger partial charge in [0.2, 0.25) is 0 Å². The number of guanidine groups is 1. The first-order valence-electron chi connectivity index (χ1n) is 6.69. The molecule has 1 aromatic carbocycles. The Morgan fingerprint density at radius 1 is 1.50 bits per heavy atom. The molecular weight excluding hydrogens is 297 g/mol. The molecule has 1 aromatic rings. The first-order valence-corrected chi connectivity index (χ1v) is 8.12. The van der Waals surface area contributed by atoms with E-state index in [2.05, 4.69) is 15.6 Å². The molecule has 1 heterocycles. The number of benzene rings is 1. The predicted molar refractivity (Wildman–Crippen MR) is 85.1 cm³/mol. The van der Waals surface area contributed by atoms with Crippen LogP contribution in [0.2, 0.25) is 5.02 Å². The average molecular weight is 316 g/mol. The zero-order chi connectivity index (χ0) is 14.4. The number of nitrogens with one attached hydrogen (secondary N) is 2. The Hall–Kier alpha value is -0.940. The highest BCUT2D eigenvalue weighted by molar-refractivity contribution is 8.00. The van der Waals surface area contributed by atoms with Gasteiger partial charge in [0, 0.05) is 25.4 Å². The van der Waals surface area contributed by atoms with Crippen molar-refractivity contribution in [1.29, 1.82) is 0 Å². The molecule has 1 aliphatic rings. The molecule has 1 saturated heterocycles. The highest BCUT2D eigenvalue weighted by Gasteiger charge is 2.15. The molecule has 3 nitrogen and oxygen atoms in total. The van der Waals surface area contributed by atoms with Gasteiger partial charge in [0.25, 0.3) is 0 Å². The average Bonchev–Trinajstić information content (AvgIpc) is 2.96. The first kappa shape index (κ1) is 15.4. The van der Waals surface area contributed by atoms with Crippen LogP contribution in [-0.4, -0.2) is 30.6 Å². The van der Waals surface area contributed by atoms with Crippen molar-refractivity contribution in [3.63, 3.8) is 0 Å². The first-order chi connectivity index (χ1) is 9.69. The molecule has 0 aromatic heterocycles. The molecule has 0 radical (unpaired) electrons. The number of halogens is 2. The molecule has 2 N–H and O–H groups in total. The number of aliphatic imine (C=N–C) groups is 1. The molecule has 0 spiro atoms. The van der Waals surface area contributed by atoms with Crippen molar-refractivity contribution >= 4 is 29.3 Å². The standard InChI is InChI=1S/C14H19ClFN3S/c1-17-14(19-9-11-3-2-6-20-11)18-8-10-4-5-13(16)12(15)7-10/h4-5,7,11H,2-3,6,8-9H2,1H3,(H2,17,18,19). The minimum Gasteiger partial charge on any atom is -0.355 e. The highest BCUT2D eigenvalue weighted by atomic mass is 35.5. The van der Waals surface area contributed by atoms with Crippen molar-refractivity contribution in [2.45, 2.75) is 24.6 Å². The summed E-state index contributed by atoms with van der Waals surface area (Å²) in [6, 6.07) is 4.73. The second kappa shape index (κ2) is 7.74. The molecule has 20 heavy (non-hydrogen) atoms. The van der Waals surface area contributed by atoms with Gasteiger partial charge in [-0.1, -0.05) is 17.7 Å². The third kappa shape index (κ3) is 4.56. The minimum atomic E-state index is -0.392. The van der Waals surface area contributed by atoms with Crippen LogP contribution in [0.4, 0.5) is 4.39 Å². The molecule has 1 fully saturated rings. The fraction of sp³-hybridized carbons (Fsp3) is 0.500. The third-order valence-corrected chi connectivity index (χ3v) is 4.88. The highest BCUT2D eigenvalue weighted by Crippen LogP contribution is 2.25. The summed E-state index contributed by atoms with van der Waals surface area (Å²) in [5, 5.41) is 7.35. The van der Waals surface area contributed by atoms with Gasteiger partial charge in [-0.05, 0) is 36.3 Å². The maximum Gasteiger partial charge on any atom is 0.191 e. The normalized spacial score (nSPS) is 19.1. The van der Waals surface area contributed by atoms with Crippen LogP contribution in [0, 0.1) is 5.82 Å². The summed E-state index contributed by atoms with van der Waals surface area (Å²) < 4.78 is 13.1. The number of nitrogens with zero attached hydrogens (tertiary/aromatic N) is 1. The summed E-state index contributed by atoms with van der Waals surface area (Å²) >= 11 is 7.77. The van der Waals surface area contributed by atoms with Crippen molar-refractivity contribution in [3.8, 4) is 0 Å². The fourth-order valence-electron chi connectivity index (χ4n) is 2.07. The number of thioether (sulfide) groups is 1. The maximum atomic E-state index is 13.1. The molecule has 1 aliphatic heterocycles.